The molecule has 5 nitrogen and oxygen atoms in total. The van der Waals surface area contributed by atoms with Gasteiger partial charge in [0.15, 0.2) is 0 Å². The van der Waals surface area contributed by atoms with Crippen molar-refractivity contribution >= 4 is 11.4 Å². The van der Waals surface area contributed by atoms with E-state index in [0.717, 1.165) is 30.3 Å². The van der Waals surface area contributed by atoms with Crippen LogP contribution >= 0.6 is 0 Å². The van der Waals surface area contributed by atoms with Gasteiger partial charge in [0.05, 0.1) is 24.7 Å². The lowest BCUT2D eigenvalue weighted by atomic mass is 10.2. The Bertz CT molecular complexity index is 355. The first kappa shape index (κ1) is 11.0. The van der Waals surface area contributed by atoms with Gasteiger partial charge in [0, 0.05) is 19.2 Å². The van der Waals surface area contributed by atoms with Crippen LogP contribution in [0.2, 0.25) is 0 Å². The fourth-order valence-electron chi connectivity index (χ4n) is 1.80. The first-order valence-electron chi connectivity index (χ1n) is 5.41. The molecule has 0 amide bonds. The highest BCUT2D eigenvalue weighted by Gasteiger charge is 2.17. The third-order valence-corrected chi connectivity index (χ3v) is 2.53. The topological polar surface area (TPSA) is 70.8 Å². The van der Waals surface area contributed by atoms with Crippen molar-refractivity contribution in [1.29, 1.82) is 0 Å². The van der Waals surface area contributed by atoms with E-state index in [0.29, 0.717) is 13.2 Å². The van der Waals surface area contributed by atoms with Gasteiger partial charge in [-0.2, -0.15) is 0 Å². The van der Waals surface area contributed by atoms with Gasteiger partial charge in [0.2, 0.25) is 0 Å². The van der Waals surface area contributed by atoms with Crippen molar-refractivity contribution in [2.75, 3.05) is 43.2 Å². The van der Waals surface area contributed by atoms with Gasteiger partial charge >= 0.3 is 0 Å². The number of nitrogens with zero attached hydrogens (tertiary/aromatic N) is 1. The zero-order chi connectivity index (χ0) is 11.4. The fourth-order valence-corrected chi connectivity index (χ4v) is 1.80. The molecule has 0 radical (unpaired) electrons. The van der Waals surface area contributed by atoms with E-state index in [1.165, 1.54) is 0 Å². The summed E-state index contributed by atoms with van der Waals surface area (Å²) in [5.74, 6) is 0.776. The molecule has 16 heavy (non-hydrogen) atoms. The summed E-state index contributed by atoms with van der Waals surface area (Å²) < 4.78 is 5.37. The molecule has 1 aliphatic heterocycles. The second-order valence-corrected chi connectivity index (χ2v) is 3.64. The maximum absolute atomic E-state index is 8.69. The molecule has 5 heteroatoms. The molecule has 0 spiro atoms. The number of aliphatic hydroxyl groups excluding tert-OH is 1. The van der Waals surface area contributed by atoms with Gasteiger partial charge in [0.1, 0.15) is 12.4 Å². The van der Waals surface area contributed by atoms with Crippen molar-refractivity contribution in [2.45, 2.75) is 0 Å². The summed E-state index contributed by atoms with van der Waals surface area (Å²) in [6, 6.07) is 5.85. The Morgan fingerprint density at radius 1 is 1.50 bits per heavy atom. The zero-order valence-electron chi connectivity index (χ0n) is 9.15. The summed E-state index contributed by atoms with van der Waals surface area (Å²) in [6.07, 6.45) is 0. The Balaban J connectivity index is 2.13. The summed E-state index contributed by atoms with van der Waals surface area (Å²) in [6.45, 7) is 2.59. The molecular weight excluding hydrogens is 206 g/mol. The number of aliphatic hydroxyl groups is 1. The van der Waals surface area contributed by atoms with Gasteiger partial charge in [-0.15, -0.1) is 0 Å². The molecule has 0 unspecified atom stereocenters. The van der Waals surface area contributed by atoms with Crippen LogP contribution in [0.5, 0.6) is 5.75 Å². The van der Waals surface area contributed by atoms with Gasteiger partial charge in [-0.1, -0.05) is 0 Å². The van der Waals surface area contributed by atoms with Crippen LogP contribution in [0.25, 0.3) is 0 Å². The maximum atomic E-state index is 8.69. The second kappa shape index (κ2) is 5.05. The van der Waals surface area contributed by atoms with E-state index in [9.17, 15) is 0 Å². The van der Waals surface area contributed by atoms with E-state index in [1.54, 1.807) is 0 Å². The van der Waals surface area contributed by atoms with Crippen LogP contribution in [-0.4, -0.2) is 38.1 Å². The maximum Gasteiger partial charge on any atom is 0.121 e. The van der Waals surface area contributed by atoms with Crippen LogP contribution in [0.1, 0.15) is 0 Å². The second-order valence-electron chi connectivity index (χ2n) is 3.64. The normalized spacial score (nSPS) is 13.5. The van der Waals surface area contributed by atoms with Crippen LogP contribution in [0.3, 0.4) is 0 Å². The van der Waals surface area contributed by atoms with E-state index in [-0.39, 0.29) is 6.61 Å². The quantitative estimate of drug-likeness (QED) is 0.665. The molecule has 0 bridgehead atoms. The molecule has 1 aliphatic rings. The van der Waals surface area contributed by atoms with Crippen LogP contribution in [0.4, 0.5) is 11.4 Å². The molecule has 2 rings (SSSR count). The standard InChI is InChI=1S/C11H17N3O2/c12-3-4-14-8-13-10-2-1-9(7-11(10)14)16-6-5-15/h1-2,7,13,15H,3-6,8,12H2. The molecule has 0 atom stereocenters. The number of anilines is 2. The number of benzene rings is 1. The van der Waals surface area contributed by atoms with Gasteiger partial charge in [-0.05, 0) is 12.1 Å². The van der Waals surface area contributed by atoms with E-state index < -0.39 is 0 Å². The van der Waals surface area contributed by atoms with Crippen molar-refractivity contribution in [2.24, 2.45) is 5.73 Å². The Hall–Kier alpha value is -1.46. The van der Waals surface area contributed by atoms with Crippen LogP contribution in [-0.2, 0) is 0 Å². The van der Waals surface area contributed by atoms with Crippen LogP contribution < -0.4 is 20.7 Å². The van der Waals surface area contributed by atoms with Gasteiger partial charge in [-0.3, -0.25) is 0 Å². The Morgan fingerprint density at radius 2 is 2.38 bits per heavy atom. The lowest BCUT2D eigenvalue weighted by Crippen LogP contribution is -2.28. The molecule has 0 aliphatic carbocycles. The first-order chi connectivity index (χ1) is 7.85. The van der Waals surface area contributed by atoms with Crippen molar-refractivity contribution in [3.8, 4) is 5.75 Å². The SMILES string of the molecule is NCCN1CNc2ccc(OCCO)cc21. The van der Waals surface area contributed by atoms with Gasteiger partial charge in [-0.25, -0.2) is 0 Å². The predicted molar refractivity (Wildman–Crippen MR) is 63.9 cm³/mol. The van der Waals surface area contributed by atoms with Gasteiger partial charge in [0.25, 0.3) is 0 Å². The summed E-state index contributed by atoms with van der Waals surface area (Å²) in [5.41, 5.74) is 7.76. The average Bonchev–Trinajstić information content (AvgIpc) is 2.70. The molecule has 0 fully saturated rings. The number of nitrogens with two attached hydrogens (primary N) is 1. The largest absolute Gasteiger partial charge is 0.491 e. The monoisotopic (exact) mass is 223 g/mol. The molecule has 88 valence electrons. The minimum absolute atomic E-state index is 0.0296. The van der Waals surface area contributed by atoms with Crippen molar-refractivity contribution < 1.29 is 9.84 Å². The lowest BCUT2D eigenvalue weighted by molar-refractivity contribution is 0.201. The smallest absolute Gasteiger partial charge is 0.121 e. The fraction of sp³-hybridized carbons (Fsp3) is 0.455. The van der Waals surface area contributed by atoms with E-state index in [1.807, 2.05) is 18.2 Å². The summed E-state index contributed by atoms with van der Waals surface area (Å²) >= 11 is 0. The third kappa shape index (κ3) is 2.20. The minimum atomic E-state index is 0.0296. The first-order valence-corrected chi connectivity index (χ1v) is 5.41. The Labute approximate surface area is 94.8 Å². The van der Waals surface area contributed by atoms with E-state index >= 15 is 0 Å². The molecular formula is C11H17N3O2. The summed E-state index contributed by atoms with van der Waals surface area (Å²) in [5, 5.41) is 12.0. The number of hydrogen-bond donors (Lipinski definition) is 3. The van der Waals surface area contributed by atoms with Crippen LogP contribution in [0.15, 0.2) is 18.2 Å². The van der Waals surface area contributed by atoms with Crippen molar-refractivity contribution in [3.05, 3.63) is 18.2 Å². The lowest BCUT2D eigenvalue weighted by Gasteiger charge is -2.17. The minimum Gasteiger partial charge on any atom is -0.491 e. The van der Waals surface area contributed by atoms with E-state index in [4.69, 9.17) is 15.6 Å². The molecule has 1 aromatic rings. The molecule has 0 saturated heterocycles. The predicted octanol–water partition coefficient (Wildman–Crippen LogP) is 0.206. The Morgan fingerprint density at radius 3 is 3.12 bits per heavy atom. The summed E-state index contributed by atoms with van der Waals surface area (Å²) in [4.78, 5) is 2.17. The molecule has 1 heterocycles. The zero-order valence-corrected chi connectivity index (χ0v) is 9.15. The third-order valence-electron chi connectivity index (χ3n) is 2.53. The number of fused-ring (bicyclic) bond motifs is 1. The Kier molecular flexibility index (Phi) is 3.48. The molecule has 0 aromatic heterocycles. The number of rotatable bonds is 5. The summed E-state index contributed by atoms with van der Waals surface area (Å²) in [7, 11) is 0. The van der Waals surface area contributed by atoms with Crippen molar-refractivity contribution in [3.63, 3.8) is 0 Å². The molecule has 0 saturated carbocycles. The average molecular weight is 223 g/mol. The van der Waals surface area contributed by atoms with Crippen LogP contribution in [0, 0.1) is 0 Å². The number of nitrogens with one attached hydrogen (secondary N) is 1. The highest BCUT2D eigenvalue weighted by Crippen LogP contribution is 2.34. The van der Waals surface area contributed by atoms with E-state index in [2.05, 4.69) is 10.2 Å². The van der Waals surface area contributed by atoms with Crippen molar-refractivity contribution in [1.82, 2.24) is 0 Å². The molecule has 1 aromatic carbocycles. The van der Waals surface area contributed by atoms with Gasteiger partial charge < -0.3 is 25.8 Å². The highest BCUT2D eigenvalue weighted by molar-refractivity contribution is 5.76. The number of hydrogen-bond acceptors (Lipinski definition) is 5. The number of ether oxygens (including phenoxy) is 1. The highest BCUT2D eigenvalue weighted by atomic mass is 16.5. The molecule has 4 N–H and O–H groups in total.